The number of nitrogens with one attached hydrogen (secondary N) is 1. The highest BCUT2D eigenvalue weighted by atomic mass is 32.1. The normalized spacial score (nSPS) is 14.5. The van der Waals surface area contributed by atoms with E-state index < -0.39 is 0 Å². The zero-order valence-corrected chi connectivity index (χ0v) is 16.4. The summed E-state index contributed by atoms with van der Waals surface area (Å²) in [6.45, 7) is 4.20. The van der Waals surface area contributed by atoms with Crippen molar-refractivity contribution < 1.29 is 14.3 Å². The van der Waals surface area contributed by atoms with Crippen molar-refractivity contribution in [1.29, 1.82) is 0 Å². The molecule has 1 N–H and O–H groups in total. The van der Waals surface area contributed by atoms with E-state index in [-0.39, 0.29) is 17.9 Å². The number of amides is 1. The average Bonchev–Trinajstić information content (AvgIpc) is 3.16. The highest BCUT2D eigenvalue weighted by molar-refractivity contribution is 7.13. The lowest BCUT2D eigenvalue weighted by atomic mass is 10.0. The minimum atomic E-state index is -0.387. The van der Waals surface area contributed by atoms with E-state index in [4.69, 9.17) is 10.3 Å². The van der Waals surface area contributed by atoms with Crippen LogP contribution in [0, 0.1) is 0 Å². The Morgan fingerprint density at radius 3 is 2.89 bits per heavy atom. The van der Waals surface area contributed by atoms with Gasteiger partial charge in [0.1, 0.15) is 0 Å². The van der Waals surface area contributed by atoms with Crippen molar-refractivity contribution in [3.8, 4) is 0 Å². The fourth-order valence-electron chi connectivity index (χ4n) is 2.91. The highest BCUT2D eigenvalue weighted by Gasteiger charge is 2.23. The fraction of sp³-hybridized carbons (Fsp3) is 0.706. The molecule has 1 aliphatic heterocycles. The molecule has 27 heavy (non-hydrogen) atoms. The summed E-state index contributed by atoms with van der Waals surface area (Å²) in [5.74, 6) is -0.308. The first kappa shape index (κ1) is 21.0. The fourth-order valence-corrected chi connectivity index (χ4v) is 3.76. The third-order valence-electron chi connectivity index (χ3n) is 4.33. The maximum atomic E-state index is 12.0. The molecule has 9 nitrogen and oxygen atoms in total. The molecule has 1 aliphatic rings. The number of rotatable bonds is 10. The van der Waals surface area contributed by atoms with E-state index in [0.29, 0.717) is 25.3 Å². The van der Waals surface area contributed by atoms with Gasteiger partial charge < -0.3 is 15.0 Å². The number of ether oxygens (including phenoxy) is 1. The summed E-state index contributed by atoms with van der Waals surface area (Å²) in [7, 11) is 0. The third-order valence-corrected chi connectivity index (χ3v) is 5.23. The zero-order valence-electron chi connectivity index (χ0n) is 15.6. The van der Waals surface area contributed by atoms with Gasteiger partial charge in [-0.1, -0.05) is 11.5 Å². The van der Waals surface area contributed by atoms with Gasteiger partial charge in [-0.25, -0.2) is 9.78 Å². The molecule has 1 saturated heterocycles. The maximum Gasteiger partial charge on any atom is 0.357 e. The van der Waals surface area contributed by atoms with E-state index >= 15 is 0 Å². The van der Waals surface area contributed by atoms with Crippen LogP contribution in [0.15, 0.2) is 10.5 Å². The standard InChI is InChI=1S/C17H26N6O3S/c1-2-26-16(25)14-12-27-17(21-14)23-10-7-13(8-11-23)20-15(24)6-4-3-5-9-19-22-18/h12-13H,2-11H2,1H3,(H,20,24). The first-order chi connectivity index (χ1) is 13.1. The number of carbonyl (C=O) groups excluding carboxylic acids is 2. The van der Waals surface area contributed by atoms with E-state index in [1.807, 2.05) is 0 Å². The molecular formula is C17H26N6O3S. The summed E-state index contributed by atoms with van der Waals surface area (Å²) in [5.41, 5.74) is 8.55. The topological polar surface area (TPSA) is 120 Å². The van der Waals surface area contributed by atoms with Gasteiger partial charge in [-0.3, -0.25) is 4.79 Å². The molecule has 1 aromatic heterocycles. The quantitative estimate of drug-likeness (QED) is 0.215. The Balaban J connectivity index is 1.67. The second-order valence-corrected chi connectivity index (χ2v) is 7.17. The second kappa shape index (κ2) is 11.4. The van der Waals surface area contributed by atoms with E-state index in [1.165, 1.54) is 11.3 Å². The number of anilines is 1. The van der Waals surface area contributed by atoms with Gasteiger partial charge in [-0.05, 0) is 38.1 Å². The Bertz CT molecular complexity index is 665. The van der Waals surface area contributed by atoms with Crippen molar-refractivity contribution in [3.63, 3.8) is 0 Å². The van der Waals surface area contributed by atoms with E-state index in [2.05, 4.69) is 25.2 Å². The molecule has 148 valence electrons. The van der Waals surface area contributed by atoms with Crippen LogP contribution in [0.25, 0.3) is 10.4 Å². The Kier molecular flexibility index (Phi) is 8.86. The number of piperidine rings is 1. The zero-order chi connectivity index (χ0) is 19.5. The summed E-state index contributed by atoms with van der Waals surface area (Å²) in [6.07, 6.45) is 4.73. The van der Waals surface area contributed by atoms with Crippen LogP contribution in [0.5, 0.6) is 0 Å². The van der Waals surface area contributed by atoms with Crippen LogP contribution >= 0.6 is 11.3 Å². The lowest BCUT2D eigenvalue weighted by Gasteiger charge is -2.32. The van der Waals surface area contributed by atoms with Crippen molar-refractivity contribution >= 4 is 28.3 Å². The molecule has 10 heteroatoms. The maximum absolute atomic E-state index is 12.0. The lowest BCUT2D eigenvalue weighted by Crippen LogP contribution is -2.44. The van der Waals surface area contributed by atoms with Crippen LogP contribution in [0.2, 0.25) is 0 Å². The number of hydrogen-bond donors (Lipinski definition) is 1. The molecule has 1 amide bonds. The van der Waals surface area contributed by atoms with Crippen LogP contribution < -0.4 is 10.2 Å². The average molecular weight is 395 g/mol. The first-order valence-corrected chi connectivity index (χ1v) is 10.2. The van der Waals surface area contributed by atoms with Crippen LogP contribution in [0.4, 0.5) is 5.13 Å². The minimum Gasteiger partial charge on any atom is -0.461 e. The Labute approximate surface area is 162 Å². The van der Waals surface area contributed by atoms with Crippen LogP contribution in [0.1, 0.15) is 55.9 Å². The molecule has 0 saturated carbocycles. The van der Waals surface area contributed by atoms with Gasteiger partial charge >= 0.3 is 5.97 Å². The molecule has 0 bridgehead atoms. The molecule has 0 radical (unpaired) electrons. The molecule has 2 heterocycles. The summed E-state index contributed by atoms with van der Waals surface area (Å²) in [6, 6.07) is 0.182. The van der Waals surface area contributed by atoms with Gasteiger partial charge in [0.15, 0.2) is 10.8 Å². The number of azide groups is 1. The number of esters is 1. The molecule has 2 rings (SSSR count). The smallest absolute Gasteiger partial charge is 0.357 e. The lowest BCUT2D eigenvalue weighted by molar-refractivity contribution is -0.122. The van der Waals surface area contributed by atoms with E-state index in [1.54, 1.807) is 12.3 Å². The minimum absolute atomic E-state index is 0.0797. The Morgan fingerprint density at radius 1 is 1.41 bits per heavy atom. The number of aromatic nitrogens is 1. The number of carbonyl (C=O) groups is 2. The van der Waals surface area contributed by atoms with Gasteiger partial charge in [0, 0.05) is 42.4 Å². The van der Waals surface area contributed by atoms with Crippen molar-refractivity contribution in [1.82, 2.24) is 10.3 Å². The second-order valence-electron chi connectivity index (χ2n) is 6.33. The van der Waals surface area contributed by atoms with E-state index in [0.717, 1.165) is 50.3 Å². The summed E-state index contributed by atoms with van der Waals surface area (Å²) < 4.78 is 4.97. The highest BCUT2D eigenvalue weighted by Crippen LogP contribution is 2.24. The summed E-state index contributed by atoms with van der Waals surface area (Å²) >= 11 is 1.44. The predicted molar refractivity (Wildman–Crippen MR) is 104 cm³/mol. The van der Waals surface area contributed by atoms with Gasteiger partial charge in [0.2, 0.25) is 5.91 Å². The SMILES string of the molecule is CCOC(=O)c1csc(N2CCC(NC(=O)CCCCCN=[N+]=[N-])CC2)n1. The van der Waals surface area contributed by atoms with E-state index in [9.17, 15) is 9.59 Å². The Hall–Kier alpha value is -2.32. The van der Waals surface area contributed by atoms with Crippen molar-refractivity contribution in [3.05, 3.63) is 21.5 Å². The summed E-state index contributed by atoms with van der Waals surface area (Å²) in [4.78, 5) is 32.9. The van der Waals surface area contributed by atoms with Gasteiger partial charge in [-0.15, -0.1) is 11.3 Å². The number of hydrogen-bond acceptors (Lipinski definition) is 7. The third kappa shape index (κ3) is 7.07. The largest absolute Gasteiger partial charge is 0.461 e. The molecular weight excluding hydrogens is 368 g/mol. The summed E-state index contributed by atoms with van der Waals surface area (Å²) in [5, 5.41) is 9.12. The van der Waals surface area contributed by atoms with Gasteiger partial charge in [-0.2, -0.15) is 0 Å². The number of unbranched alkanes of at least 4 members (excludes halogenated alkanes) is 2. The molecule has 0 atom stereocenters. The molecule has 0 unspecified atom stereocenters. The monoisotopic (exact) mass is 394 g/mol. The van der Waals surface area contributed by atoms with Crippen molar-refractivity contribution in [2.24, 2.45) is 5.11 Å². The van der Waals surface area contributed by atoms with Crippen LogP contribution in [0.3, 0.4) is 0 Å². The molecule has 1 fully saturated rings. The number of nitrogens with zero attached hydrogens (tertiary/aromatic N) is 5. The van der Waals surface area contributed by atoms with Gasteiger partial charge in [0.05, 0.1) is 6.61 Å². The molecule has 0 spiro atoms. The number of thiazole rings is 1. The van der Waals surface area contributed by atoms with Crippen molar-refractivity contribution in [2.75, 3.05) is 31.1 Å². The molecule has 1 aromatic rings. The van der Waals surface area contributed by atoms with Crippen LogP contribution in [-0.4, -0.2) is 49.1 Å². The molecule has 0 aliphatic carbocycles. The van der Waals surface area contributed by atoms with Crippen LogP contribution in [-0.2, 0) is 9.53 Å². The van der Waals surface area contributed by atoms with Gasteiger partial charge in [0.25, 0.3) is 0 Å². The van der Waals surface area contributed by atoms with Crippen molar-refractivity contribution in [2.45, 2.75) is 51.5 Å². The molecule has 0 aromatic carbocycles. The first-order valence-electron chi connectivity index (χ1n) is 9.31. The Morgan fingerprint density at radius 2 is 2.19 bits per heavy atom. The predicted octanol–water partition coefficient (Wildman–Crippen LogP) is 3.28.